The highest BCUT2D eigenvalue weighted by atomic mass is 16.2. The normalized spacial score (nSPS) is 25.2. The number of rotatable bonds is 5. The number of fused-ring (bicyclic) bond motifs is 1. The van der Waals surface area contributed by atoms with Gasteiger partial charge in [-0.1, -0.05) is 18.2 Å². The van der Waals surface area contributed by atoms with Gasteiger partial charge in [-0.2, -0.15) is 0 Å². The molecule has 0 saturated carbocycles. The molecule has 4 rings (SSSR count). The first-order chi connectivity index (χ1) is 13.6. The highest BCUT2D eigenvalue weighted by molar-refractivity contribution is 6.08. The average molecular weight is 382 g/mol. The van der Waals surface area contributed by atoms with Crippen LogP contribution in [0.25, 0.3) is 0 Å². The van der Waals surface area contributed by atoms with Crippen LogP contribution in [0.1, 0.15) is 38.2 Å². The molecule has 2 saturated heterocycles. The summed E-state index contributed by atoms with van der Waals surface area (Å²) < 4.78 is 0. The van der Waals surface area contributed by atoms with Crippen molar-refractivity contribution in [2.45, 2.75) is 45.2 Å². The smallest absolute Gasteiger partial charge is 0.243 e. The molecule has 3 aliphatic rings. The topological polar surface area (TPSA) is 82.6 Å². The largest absolute Gasteiger partial charge is 0.357 e. The molecule has 2 fully saturated rings. The van der Waals surface area contributed by atoms with E-state index in [1.54, 1.807) is 13.1 Å². The summed E-state index contributed by atoms with van der Waals surface area (Å²) in [4.78, 5) is 45.7. The monoisotopic (exact) mass is 382 g/mol. The van der Waals surface area contributed by atoms with Crippen LogP contribution < -0.4 is 10.2 Å². The van der Waals surface area contributed by atoms with Crippen molar-refractivity contribution in [1.29, 1.82) is 0 Å². The zero-order valence-corrected chi connectivity index (χ0v) is 16.1. The molecule has 2 aliphatic heterocycles. The van der Waals surface area contributed by atoms with E-state index in [1.807, 2.05) is 24.3 Å². The SMILES string of the molecule is CC(C(=O)NCc1ccc(N2CCCC2)nc1)N1C(=O)C2CC=CCC2C1=O. The van der Waals surface area contributed by atoms with E-state index in [1.165, 1.54) is 12.8 Å². The van der Waals surface area contributed by atoms with Gasteiger partial charge in [0, 0.05) is 25.8 Å². The number of anilines is 1. The van der Waals surface area contributed by atoms with E-state index in [4.69, 9.17) is 0 Å². The van der Waals surface area contributed by atoms with Crippen LogP contribution in [0, 0.1) is 11.8 Å². The third-order valence-corrected chi connectivity index (χ3v) is 6.01. The fraction of sp³-hybridized carbons (Fsp3) is 0.524. The summed E-state index contributed by atoms with van der Waals surface area (Å²) in [6, 6.07) is 3.13. The molecule has 1 N–H and O–H groups in total. The Labute approximate surface area is 164 Å². The van der Waals surface area contributed by atoms with Crippen LogP contribution in [-0.4, -0.2) is 46.7 Å². The van der Waals surface area contributed by atoms with E-state index in [0.29, 0.717) is 19.4 Å². The van der Waals surface area contributed by atoms with Crippen molar-refractivity contribution < 1.29 is 14.4 Å². The summed E-state index contributed by atoms with van der Waals surface area (Å²) in [5, 5.41) is 2.83. The van der Waals surface area contributed by atoms with Gasteiger partial charge in [-0.25, -0.2) is 4.98 Å². The van der Waals surface area contributed by atoms with Crippen LogP contribution in [0.4, 0.5) is 5.82 Å². The molecule has 0 bridgehead atoms. The Morgan fingerprint density at radius 3 is 2.36 bits per heavy atom. The predicted octanol–water partition coefficient (Wildman–Crippen LogP) is 1.64. The molecular formula is C21H26N4O3. The van der Waals surface area contributed by atoms with Crippen molar-refractivity contribution >= 4 is 23.5 Å². The second-order valence-corrected chi connectivity index (χ2v) is 7.81. The van der Waals surface area contributed by atoms with Crippen LogP contribution in [0.5, 0.6) is 0 Å². The Hall–Kier alpha value is -2.70. The summed E-state index contributed by atoms with van der Waals surface area (Å²) >= 11 is 0. The molecule has 1 aromatic heterocycles. The molecule has 1 aromatic rings. The lowest BCUT2D eigenvalue weighted by atomic mass is 9.85. The van der Waals surface area contributed by atoms with E-state index < -0.39 is 6.04 Å². The van der Waals surface area contributed by atoms with Gasteiger partial charge < -0.3 is 10.2 Å². The first-order valence-electron chi connectivity index (χ1n) is 10.1. The third-order valence-electron chi connectivity index (χ3n) is 6.01. The number of allylic oxidation sites excluding steroid dienone is 2. The van der Waals surface area contributed by atoms with Crippen LogP contribution in [0.3, 0.4) is 0 Å². The van der Waals surface area contributed by atoms with Gasteiger partial charge in [-0.3, -0.25) is 19.3 Å². The number of carbonyl (C=O) groups excluding carboxylic acids is 3. The van der Waals surface area contributed by atoms with Gasteiger partial charge in [0.05, 0.1) is 11.8 Å². The van der Waals surface area contributed by atoms with Gasteiger partial charge in [-0.05, 0) is 44.2 Å². The molecule has 3 unspecified atom stereocenters. The zero-order valence-electron chi connectivity index (χ0n) is 16.1. The van der Waals surface area contributed by atoms with E-state index in [9.17, 15) is 14.4 Å². The summed E-state index contributed by atoms with van der Waals surface area (Å²) in [6.07, 6.45) is 9.21. The Balaban J connectivity index is 1.34. The minimum atomic E-state index is -0.803. The highest BCUT2D eigenvalue weighted by Gasteiger charge is 2.50. The summed E-state index contributed by atoms with van der Waals surface area (Å²) in [7, 11) is 0. The molecule has 3 heterocycles. The summed E-state index contributed by atoms with van der Waals surface area (Å²) in [5.74, 6) is -0.426. The molecule has 148 valence electrons. The number of aromatic nitrogens is 1. The number of carbonyl (C=O) groups is 3. The van der Waals surface area contributed by atoms with Gasteiger partial charge in [0.1, 0.15) is 11.9 Å². The molecule has 3 amide bonds. The highest BCUT2D eigenvalue weighted by Crippen LogP contribution is 2.36. The van der Waals surface area contributed by atoms with Crippen molar-refractivity contribution in [3.05, 3.63) is 36.0 Å². The lowest BCUT2D eigenvalue weighted by molar-refractivity contribution is -0.147. The molecular weight excluding hydrogens is 356 g/mol. The number of hydrogen-bond acceptors (Lipinski definition) is 5. The average Bonchev–Trinajstić information content (AvgIpc) is 3.34. The standard InChI is InChI=1S/C21H26N4O3/c1-14(25-20(27)16-6-2-3-7-17(16)21(25)28)19(26)23-13-15-8-9-18(22-12-15)24-10-4-5-11-24/h2-3,8-9,12,14,16-17H,4-7,10-11,13H2,1H3,(H,23,26). The first kappa shape index (κ1) is 18.7. The number of nitrogens with one attached hydrogen (secondary N) is 1. The van der Waals surface area contributed by atoms with Crippen molar-refractivity contribution in [2.24, 2.45) is 11.8 Å². The quantitative estimate of drug-likeness (QED) is 0.618. The van der Waals surface area contributed by atoms with Crippen molar-refractivity contribution in [3.8, 4) is 0 Å². The van der Waals surface area contributed by atoms with Gasteiger partial charge in [0.15, 0.2) is 0 Å². The second kappa shape index (κ2) is 7.73. The maximum Gasteiger partial charge on any atom is 0.243 e. The van der Waals surface area contributed by atoms with E-state index in [0.717, 1.165) is 29.4 Å². The summed E-state index contributed by atoms with van der Waals surface area (Å²) in [6.45, 7) is 4.01. The number of amides is 3. The molecule has 0 spiro atoms. The number of pyridine rings is 1. The Kier molecular flexibility index (Phi) is 5.15. The maximum absolute atomic E-state index is 12.6. The van der Waals surface area contributed by atoms with Gasteiger partial charge in [0.25, 0.3) is 0 Å². The number of imide groups is 1. The molecule has 0 radical (unpaired) electrons. The van der Waals surface area contributed by atoms with E-state index >= 15 is 0 Å². The fourth-order valence-corrected chi connectivity index (χ4v) is 4.32. The third kappa shape index (κ3) is 3.41. The molecule has 1 aliphatic carbocycles. The zero-order chi connectivity index (χ0) is 19.7. The Bertz CT molecular complexity index is 772. The minimum Gasteiger partial charge on any atom is -0.357 e. The molecule has 7 heteroatoms. The van der Waals surface area contributed by atoms with Crippen LogP contribution in [0.15, 0.2) is 30.5 Å². The Morgan fingerprint density at radius 2 is 1.79 bits per heavy atom. The van der Waals surface area contributed by atoms with Gasteiger partial charge >= 0.3 is 0 Å². The molecule has 7 nitrogen and oxygen atoms in total. The number of nitrogens with zero attached hydrogens (tertiary/aromatic N) is 3. The first-order valence-corrected chi connectivity index (χ1v) is 10.1. The van der Waals surface area contributed by atoms with Gasteiger partial charge in [0.2, 0.25) is 17.7 Å². The minimum absolute atomic E-state index is 0.223. The van der Waals surface area contributed by atoms with Gasteiger partial charge in [-0.15, -0.1) is 0 Å². The predicted molar refractivity (Wildman–Crippen MR) is 104 cm³/mol. The second-order valence-electron chi connectivity index (χ2n) is 7.81. The summed E-state index contributed by atoms with van der Waals surface area (Å²) in [5.41, 5.74) is 0.889. The van der Waals surface area contributed by atoms with Crippen LogP contribution >= 0.6 is 0 Å². The molecule has 3 atom stereocenters. The van der Waals surface area contributed by atoms with Crippen LogP contribution in [-0.2, 0) is 20.9 Å². The van der Waals surface area contributed by atoms with Crippen molar-refractivity contribution in [1.82, 2.24) is 15.2 Å². The maximum atomic E-state index is 12.6. The lowest BCUT2D eigenvalue weighted by Crippen LogP contribution is -2.48. The molecule has 28 heavy (non-hydrogen) atoms. The molecule has 0 aromatic carbocycles. The van der Waals surface area contributed by atoms with E-state index in [2.05, 4.69) is 15.2 Å². The van der Waals surface area contributed by atoms with Crippen molar-refractivity contribution in [2.75, 3.05) is 18.0 Å². The number of hydrogen-bond donors (Lipinski definition) is 1. The number of likely N-dealkylation sites (tertiary alicyclic amines) is 1. The Morgan fingerprint density at radius 1 is 1.14 bits per heavy atom. The fourth-order valence-electron chi connectivity index (χ4n) is 4.32. The van der Waals surface area contributed by atoms with Crippen LogP contribution in [0.2, 0.25) is 0 Å². The van der Waals surface area contributed by atoms with E-state index in [-0.39, 0.29) is 29.6 Å². The van der Waals surface area contributed by atoms with Crippen molar-refractivity contribution in [3.63, 3.8) is 0 Å². The lowest BCUT2D eigenvalue weighted by Gasteiger charge is -2.22.